The molecule has 0 aromatic heterocycles. The fraction of sp³-hybridized carbons (Fsp3) is 0.489. The Bertz CT molecular complexity index is 1660. The highest BCUT2D eigenvalue weighted by Gasteiger charge is 2.40. The lowest BCUT2D eigenvalue weighted by Gasteiger charge is -2.38. The zero-order valence-electron chi connectivity index (χ0n) is 34.3. The Balaban J connectivity index is 0.000000314. The van der Waals surface area contributed by atoms with Gasteiger partial charge in [0.25, 0.3) is 0 Å². The van der Waals surface area contributed by atoms with E-state index in [1.807, 2.05) is 25.1 Å². The molecule has 0 bridgehead atoms. The summed E-state index contributed by atoms with van der Waals surface area (Å²) >= 11 is 0. The van der Waals surface area contributed by atoms with Crippen molar-refractivity contribution in [2.24, 2.45) is 40.4 Å². The molecule has 0 spiro atoms. The van der Waals surface area contributed by atoms with Gasteiger partial charge in [-0.15, -0.1) is 0 Å². The molecule has 8 heteroatoms. The smallest absolute Gasteiger partial charge is 0.317 e. The Kier molecular flexibility index (Phi) is 19.1. The number of ketones is 4. The summed E-state index contributed by atoms with van der Waals surface area (Å²) in [6.45, 7) is 18.3. The second-order valence-electron chi connectivity index (χ2n) is 15.7. The first kappa shape index (κ1) is 46.4. The highest BCUT2D eigenvalue weighted by atomic mass is 16.5. The van der Waals surface area contributed by atoms with E-state index in [0.29, 0.717) is 23.7 Å². The van der Waals surface area contributed by atoms with E-state index in [-0.39, 0.29) is 65.2 Å². The van der Waals surface area contributed by atoms with Crippen LogP contribution in [0.15, 0.2) is 97.1 Å². The molecular weight excluding hydrogens is 693 g/mol. The Morgan fingerprint density at radius 2 is 1.35 bits per heavy atom. The number of hydrogen-bond acceptors (Lipinski definition) is 8. The van der Waals surface area contributed by atoms with Crippen molar-refractivity contribution in [1.29, 1.82) is 0 Å². The third kappa shape index (κ3) is 14.5. The van der Waals surface area contributed by atoms with Crippen LogP contribution in [0.25, 0.3) is 0 Å². The van der Waals surface area contributed by atoms with Gasteiger partial charge in [-0.25, -0.2) is 0 Å². The maximum absolute atomic E-state index is 13.0. The molecular formula is C47H62O8. The van der Waals surface area contributed by atoms with Gasteiger partial charge in [-0.3, -0.25) is 28.8 Å². The highest BCUT2D eigenvalue weighted by molar-refractivity contribution is 6.09. The van der Waals surface area contributed by atoms with Crippen LogP contribution in [0.2, 0.25) is 0 Å². The molecule has 298 valence electrons. The summed E-state index contributed by atoms with van der Waals surface area (Å²) in [6.07, 6.45) is 14.7. The summed E-state index contributed by atoms with van der Waals surface area (Å²) in [7, 11) is 0. The van der Waals surface area contributed by atoms with Gasteiger partial charge in [-0.2, -0.15) is 0 Å². The van der Waals surface area contributed by atoms with Crippen LogP contribution in [0.3, 0.4) is 0 Å². The maximum atomic E-state index is 13.0. The van der Waals surface area contributed by atoms with Crippen LogP contribution < -0.4 is 0 Å². The molecule has 0 heterocycles. The van der Waals surface area contributed by atoms with E-state index in [1.54, 1.807) is 75.4 Å². The number of allylic oxidation sites excluding steroid dienone is 6. The first-order valence-corrected chi connectivity index (χ1v) is 19.5. The Morgan fingerprint density at radius 3 is 1.87 bits per heavy atom. The standard InChI is InChI=1S/C23H30O4.C13H20O.C11H12O3/c1-5-27-22(26)20(21(25)17-11-7-6-8-12-17)16(2)15-19(24)18-13-9-10-14-23(18,3)4;1-5-7-11(14)12-10(2)8-6-9-13(12,3)4;1-2-14-11(13)8-10(12)9-6-4-3-5-7-9/h6-12,16,18,20H,5,13-15H2,1-4H3;5-8,10,12H,9H2,1-4H3;3-7H,2,8H2,1H3/b;7-5+;. The summed E-state index contributed by atoms with van der Waals surface area (Å²) in [4.78, 5) is 72.8. The molecule has 0 saturated heterocycles. The number of hydrogen-bond donors (Lipinski definition) is 0. The largest absolute Gasteiger partial charge is 0.466 e. The average molecular weight is 755 g/mol. The summed E-state index contributed by atoms with van der Waals surface area (Å²) in [5.41, 5.74) is 1.01. The van der Waals surface area contributed by atoms with Crippen molar-refractivity contribution in [3.63, 3.8) is 0 Å². The van der Waals surface area contributed by atoms with Crippen molar-refractivity contribution in [3.8, 4) is 0 Å². The van der Waals surface area contributed by atoms with E-state index < -0.39 is 23.8 Å². The fourth-order valence-corrected chi connectivity index (χ4v) is 7.35. The van der Waals surface area contributed by atoms with Crippen LogP contribution >= 0.6 is 0 Å². The molecule has 2 aliphatic rings. The summed E-state index contributed by atoms with van der Waals surface area (Å²) in [6, 6.07) is 17.4. The molecule has 0 radical (unpaired) electrons. The van der Waals surface area contributed by atoms with Gasteiger partial charge in [0, 0.05) is 29.4 Å². The average Bonchev–Trinajstić information content (AvgIpc) is 3.12. The topological polar surface area (TPSA) is 121 Å². The van der Waals surface area contributed by atoms with Gasteiger partial charge in [-0.1, -0.05) is 133 Å². The maximum Gasteiger partial charge on any atom is 0.317 e. The van der Waals surface area contributed by atoms with E-state index >= 15 is 0 Å². The van der Waals surface area contributed by atoms with Gasteiger partial charge in [0.05, 0.1) is 13.2 Å². The van der Waals surface area contributed by atoms with Crippen molar-refractivity contribution < 1.29 is 38.2 Å². The predicted molar refractivity (Wildman–Crippen MR) is 217 cm³/mol. The lowest BCUT2D eigenvalue weighted by molar-refractivity contribution is -0.148. The molecule has 2 aromatic rings. The van der Waals surface area contributed by atoms with Gasteiger partial charge in [0.2, 0.25) is 0 Å². The van der Waals surface area contributed by atoms with Crippen molar-refractivity contribution in [2.75, 3.05) is 13.2 Å². The third-order valence-electron chi connectivity index (χ3n) is 10.3. The predicted octanol–water partition coefficient (Wildman–Crippen LogP) is 9.83. The minimum atomic E-state index is -0.960. The molecule has 5 unspecified atom stereocenters. The van der Waals surface area contributed by atoms with Crippen LogP contribution in [0.5, 0.6) is 0 Å². The van der Waals surface area contributed by atoms with Crippen LogP contribution in [0.1, 0.15) is 115 Å². The van der Waals surface area contributed by atoms with Crippen molar-refractivity contribution in [3.05, 3.63) is 108 Å². The molecule has 0 aliphatic heterocycles. The van der Waals surface area contributed by atoms with E-state index in [4.69, 9.17) is 4.74 Å². The third-order valence-corrected chi connectivity index (χ3v) is 10.3. The van der Waals surface area contributed by atoms with Crippen molar-refractivity contribution in [1.82, 2.24) is 0 Å². The van der Waals surface area contributed by atoms with E-state index in [9.17, 15) is 28.8 Å². The number of Topliss-reactive ketones (excluding diaryl/α,β-unsaturated/α-hetero) is 3. The van der Waals surface area contributed by atoms with Crippen molar-refractivity contribution in [2.45, 2.75) is 94.4 Å². The summed E-state index contributed by atoms with van der Waals surface area (Å²) in [5, 5.41) is 0. The van der Waals surface area contributed by atoms with Crippen LogP contribution in [-0.4, -0.2) is 48.3 Å². The Labute approximate surface area is 328 Å². The monoisotopic (exact) mass is 754 g/mol. The van der Waals surface area contributed by atoms with Gasteiger partial charge in [0.1, 0.15) is 18.1 Å². The molecule has 0 saturated carbocycles. The zero-order chi connectivity index (χ0) is 41.2. The van der Waals surface area contributed by atoms with E-state index in [1.165, 1.54) is 0 Å². The van der Waals surface area contributed by atoms with Gasteiger partial charge in [0.15, 0.2) is 17.3 Å². The summed E-state index contributed by atoms with van der Waals surface area (Å²) in [5.74, 6) is -2.06. The Hall–Kier alpha value is -4.72. The Morgan fingerprint density at radius 1 is 0.782 bits per heavy atom. The second-order valence-corrected chi connectivity index (χ2v) is 15.7. The SMILES string of the molecule is C/C=C/C(=O)C1C(C)C=CCC1(C)C.CCOC(=O)C(C(=O)c1ccccc1)C(C)CC(=O)C1CC=CCC1(C)C.CCOC(=O)CC(=O)c1ccccc1. The summed E-state index contributed by atoms with van der Waals surface area (Å²) < 4.78 is 9.83. The number of rotatable bonds is 14. The highest BCUT2D eigenvalue weighted by Crippen LogP contribution is 2.41. The van der Waals surface area contributed by atoms with Gasteiger partial charge in [-0.05, 0) is 68.8 Å². The van der Waals surface area contributed by atoms with Crippen LogP contribution in [0.4, 0.5) is 0 Å². The number of carbonyl (C=O) groups excluding carboxylic acids is 6. The number of esters is 2. The molecule has 8 nitrogen and oxygen atoms in total. The molecule has 2 aromatic carbocycles. The fourth-order valence-electron chi connectivity index (χ4n) is 7.35. The normalized spacial score (nSPS) is 20.3. The minimum Gasteiger partial charge on any atom is -0.466 e. The second kappa shape index (κ2) is 22.6. The molecule has 55 heavy (non-hydrogen) atoms. The molecule has 2 aliphatic carbocycles. The zero-order valence-corrected chi connectivity index (χ0v) is 34.3. The van der Waals surface area contributed by atoms with Crippen LogP contribution in [-0.2, 0) is 28.7 Å². The number of benzene rings is 2. The molecule has 0 fully saturated rings. The number of carbonyl (C=O) groups is 6. The van der Waals surface area contributed by atoms with Crippen LogP contribution in [0, 0.1) is 40.4 Å². The molecule has 4 rings (SSSR count). The first-order chi connectivity index (χ1) is 26.0. The quantitative estimate of drug-likeness (QED) is 0.0615. The van der Waals surface area contributed by atoms with Crippen molar-refractivity contribution >= 4 is 35.1 Å². The first-order valence-electron chi connectivity index (χ1n) is 19.5. The van der Waals surface area contributed by atoms with E-state index in [2.05, 4.69) is 63.7 Å². The molecule has 5 atom stereocenters. The van der Waals surface area contributed by atoms with Gasteiger partial charge < -0.3 is 9.47 Å². The minimum absolute atomic E-state index is 0.0837. The number of ether oxygens (including phenoxy) is 2. The lowest BCUT2D eigenvalue weighted by atomic mass is 9.65. The molecule has 0 N–H and O–H groups in total. The van der Waals surface area contributed by atoms with E-state index in [0.717, 1.165) is 19.3 Å². The lowest BCUT2D eigenvalue weighted by Crippen LogP contribution is -2.37. The van der Waals surface area contributed by atoms with Gasteiger partial charge >= 0.3 is 11.9 Å². The molecule has 0 amide bonds.